The Morgan fingerprint density at radius 3 is 2.06 bits per heavy atom. The zero-order chi connectivity index (χ0) is 34.5. The van der Waals surface area contributed by atoms with Crippen molar-refractivity contribution in [2.75, 3.05) is 27.2 Å². The minimum atomic E-state index is -3.39. The Morgan fingerprint density at radius 2 is 1.46 bits per heavy atom. The minimum absolute atomic E-state index is 0.233. The van der Waals surface area contributed by atoms with Gasteiger partial charge in [-0.3, -0.25) is 0 Å². The third-order valence-corrected chi connectivity index (χ3v) is 9.73. The number of fused-ring (bicyclic) bond motifs is 1. The van der Waals surface area contributed by atoms with Crippen LogP contribution >= 0.6 is 23.5 Å². The highest BCUT2D eigenvalue weighted by Crippen LogP contribution is 2.35. The predicted molar refractivity (Wildman–Crippen MR) is 193 cm³/mol. The predicted octanol–water partition coefficient (Wildman–Crippen LogP) is 8.54. The Bertz CT molecular complexity index is 1590. The van der Waals surface area contributed by atoms with Crippen LogP contribution in [0.25, 0.3) is 21.9 Å². The summed E-state index contributed by atoms with van der Waals surface area (Å²) in [4.78, 5) is 24.9. The number of nitrogens with two attached hydrogens (primary N) is 1. The Labute approximate surface area is 291 Å². The maximum atomic E-state index is 15.2. The molecule has 0 radical (unpaired) electrons. The Hall–Kier alpha value is -3.34. The van der Waals surface area contributed by atoms with Crippen molar-refractivity contribution in [2.24, 2.45) is 11.7 Å². The molecule has 1 saturated heterocycles. The molecule has 0 bridgehead atoms. The smallest absolute Gasteiger partial charge is 0.295 e. The standard InChI is InChI=1S/C30H26ClF2NO2S.C7H13NO.CH5N/c31-25-13-7-21(8-14-25)20-5-11-24(12-6-20)30(32,33)29(19-35)34-37-28-16-10-22-17-27(15-9-23(22)18-28)36-26-3-1-2-4-26;1-8-4-2-7(6-9)3-5-8;1-2/h5-19,26,29,34H,1-4H2;6-7H,2-5H2,1H3;2H2,1H3. The van der Waals surface area contributed by atoms with Crippen molar-refractivity contribution in [3.8, 4) is 16.9 Å². The summed E-state index contributed by atoms with van der Waals surface area (Å²) < 4.78 is 39.2. The van der Waals surface area contributed by atoms with Crippen molar-refractivity contribution in [1.29, 1.82) is 0 Å². The number of carbonyl (C=O) groups is 2. The van der Waals surface area contributed by atoms with Gasteiger partial charge in [0.2, 0.25) is 0 Å². The molecule has 2 aliphatic rings. The molecule has 0 spiro atoms. The summed E-state index contributed by atoms with van der Waals surface area (Å²) in [5.41, 5.74) is 5.92. The lowest BCUT2D eigenvalue weighted by atomic mass is 9.98. The lowest BCUT2D eigenvalue weighted by molar-refractivity contribution is -0.119. The molecule has 256 valence electrons. The molecular weight excluding hydrogens is 652 g/mol. The van der Waals surface area contributed by atoms with Crippen LogP contribution in [-0.4, -0.2) is 56.8 Å². The van der Waals surface area contributed by atoms with E-state index >= 15 is 8.78 Å². The van der Waals surface area contributed by atoms with Gasteiger partial charge in [-0.1, -0.05) is 60.1 Å². The van der Waals surface area contributed by atoms with Gasteiger partial charge in [0.15, 0.2) is 0 Å². The van der Waals surface area contributed by atoms with Crippen molar-refractivity contribution >= 4 is 46.9 Å². The quantitative estimate of drug-likeness (QED) is 0.127. The number of carbonyl (C=O) groups excluding carboxylic acids is 2. The summed E-state index contributed by atoms with van der Waals surface area (Å²) in [6, 6.07) is 23.0. The number of rotatable bonds is 10. The average Bonchev–Trinajstić information content (AvgIpc) is 3.63. The van der Waals surface area contributed by atoms with E-state index in [9.17, 15) is 9.59 Å². The first-order valence-corrected chi connectivity index (χ1v) is 17.5. The number of benzene rings is 4. The summed E-state index contributed by atoms with van der Waals surface area (Å²) >= 11 is 6.94. The van der Waals surface area contributed by atoms with Gasteiger partial charge in [-0.25, -0.2) is 4.72 Å². The van der Waals surface area contributed by atoms with Crippen LogP contribution in [0.3, 0.4) is 0 Å². The van der Waals surface area contributed by atoms with Gasteiger partial charge in [0, 0.05) is 21.4 Å². The normalized spacial score (nSPS) is 16.3. The number of likely N-dealkylation sites (tertiary alicyclic amines) is 1. The Balaban J connectivity index is 0.000000406. The van der Waals surface area contributed by atoms with Gasteiger partial charge in [-0.15, -0.1) is 0 Å². The highest BCUT2D eigenvalue weighted by molar-refractivity contribution is 7.97. The molecule has 4 aromatic rings. The van der Waals surface area contributed by atoms with E-state index in [-0.39, 0.29) is 18.0 Å². The molecular formula is C38H44ClF2N3O3S. The van der Waals surface area contributed by atoms with Crippen molar-refractivity contribution in [3.63, 3.8) is 0 Å². The minimum Gasteiger partial charge on any atom is -0.490 e. The zero-order valence-corrected chi connectivity index (χ0v) is 29.0. The number of hydrogen-bond donors (Lipinski definition) is 2. The topological polar surface area (TPSA) is 84.7 Å². The molecule has 0 amide bonds. The number of halogens is 3. The van der Waals surface area contributed by atoms with Crippen molar-refractivity contribution < 1.29 is 23.1 Å². The molecule has 4 aromatic carbocycles. The molecule has 0 aromatic heterocycles. The fourth-order valence-corrected chi connectivity index (χ4v) is 6.64. The van der Waals surface area contributed by atoms with Crippen molar-refractivity contribution in [1.82, 2.24) is 9.62 Å². The molecule has 1 atom stereocenters. The third-order valence-electron chi connectivity index (χ3n) is 8.62. The van der Waals surface area contributed by atoms with Gasteiger partial charge in [0.05, 0.1) is 6.10 Å². The summed E-state index contributed by atoms with van der Waals surface area (Å²) in [5.74, 6) is -2.20. The number of nitrogens with one attached hydrogen (secondary N) is 1. The lowest BCUT2D eigenvalue weighted by Gasteiger charge is -2.25. The molecule has 1 unspecified atom stereocenters. The van der Waals surface area contributed by atoms with Gasteiger partial charge >= 0.3 is 0 Å². The van der Waals surface area contributed by atoms with E-state index in [0.717, 1.165) is 89.6 Å². The summed E-state index contributed by atoms with van der Waals surface area (Å²) in [6.45, 7) is 2.17. The Kier molecular flexibility index (Phi) is 14.4. The van der Waals surface area contributed by atoms with Gasteiger partial charge in [0.25, 0.3) is 5.92 Å². The van der Waals surface area contributed by atoms with E-state index in [4.69, 9.17) is 16.3 Å². The highest BCUT2D eigenvalue weighted by Gasteiger charge is 2.41. The Morgan fingerprint density at radius 1 is 0.875 bits per heavy atom. The number of alkyl halides is 2. The van der Waals surface area contributed by atoms with E-state index in [1.54, 1.807) is 24.3 Å². The van der Waals surface area contributed by atoms with Gasteiger partial charge < -0.3 is 25.0 Å². The van der Waals surface area contributed by atoms with Crippen LogP contribution < -0.4 is 15.2 Å². The van der Waals surface area contributed by atoms with Gasteiger partial charge in [-0.2, -0.15) is 8.78 Å². The van der Waals surface area contributed by atoms with E-state index < -0.39 is 12.0 Å². The van der Waals surface area contributed by atoms with Crippen LogP contribution in [0.1, 0.15) is 44.1 Å². The van der Waals surface area contributed by atoms with Crippen LogP contribution in [0, 0.1) is 5.92 Å². The van der Waals surface area contributed by atoms with Crippen LogP contribution in [0.5, 0.6) is 5.75 Å². The molecule has 1 saturated carbocycles. The molecule has 48 heavy (non-hydrogen) atoms. The lowest BCUT2D eigenvalue weighted by Crippen LogP contribution is -2.41. The molecule has 1 aliphatic heterocycles. The second-order valence-electron chi connectivity index (χ2n) is 12.0. The first kappa shape index (κ1) is 37.5. The van der Waals surface area contributed by atoms with E-state index in [1.807, 2.05) is 48.5 Å². The largest absolute Gasteiger partial charge is 0.490 e. The van der Waals surface area contributed by atoms with E-state index in [0.29, 0.717) is 10.9 Å². The maximum absolute atomic E-state index is 15.2. The molecule has 2 fully saturated rings. The third kappa shape index (κ3) is 10.3. The van der Waals surface area contributed by atoms with Crippen LogP contribution in [0.15, 0.2) is 89.8 Å². The molecule has 1 heterocycles. The first-order chi connectivity index (χ1) is 23.2. The monoisotopic (exact) mass is 695 g/mol. The molecule has 10 heteroatoms. The number of aldehydes is 2. The molecule has 6 nitrogen and oxygen atoms in total. The van der Waals surface area contributed by atoms with Gasteiger partial charge in [0.1, 0.15) is 24.4 Å². The van der Waals surface area contributed by atoms with Crippen molar-refractivity contribution in [2.45, 2.75) is 61.5 Å². The number of nitrogens with zero attached hydrogens (tertiary/aromatic N) is 1. The molecule has 6 rings (SSSR count). The fourth-order valence-electron chi connectivity index (χ4n) is 5.73. The number of ether oxygens (including phenoxy) is 1. The second kappa shape index (κ2) is 18.4. The average molecular weight is 696 g/mol. The van der Waals surface area contributed by atoms with E-state index in [2.05, 4.69) is 22.4 Å². The SMILES string of the molecule is CN.CN1CCC(C=O)CC1.O=CC(NSc1ccc2cc(OC3CCCC3)ccc2c1)C(F)(F)c1ccc(-c2ccc(Cl)cc2)cc1. The zero-order valence-electron chi connectivity index (χ0n) is 27.4. The summed E-state index contributed by atoms with van der Waals surface area (Å²) in [7, 11) is 3.60. The highest BCUT2D eigenvalue weighted by atomic mass is 35.5. The van der Waals surface area contributed by atoms with Crippen LogP contribution in [0.2, 0.25) is 5.02 Å². The number of hydrogen-bond acceptors (Lipinski definition) is 7. The number of piperidine rings is 1. The second-order valence-corrected chi connectivity index (χ2v) is 13.4. The van der Waals surface area contributed by atoms with Crippen molar-refractivity contribution in [3.05, 3.63) is 95.5 Å². The van der Waals surface area contributed by atoms with Gasteiger partial charge in [-0.05, 0) is 136 Å². The first-order valence-electron chi connectivity index (χ1n) is 16.3. The van der Waals surface area contributed by atoms with E-state index in [1.165, 1.54) is 32.0 Å². The fraction of sp³-hybridized carbons (Fsp3) is 0.368. The summed E-state index contributed by atoms with van der Waals surface area (Å²) in [6.07, 6.45) is 8.35. The summed E-state index contributed by atoms with van der Waals surface area (Å²) in [5, 5.41) is 2.59. The maximum Gasteiger partial charge on any atom is 0.295 e. The molecule has 1 aliphatic carbocycles. The van der Waals surface area contributed by atoms with Crippen LogP contribution in [0.4, 0.5) is 8.78 Å². The van der Waals surface area contributed by atoms with Crippen LogP contribution in [-0.2, 0) is 15.5 Å². The molecule has 3 N–H and O–H groups in total.